The van der Waals surface area contributed by atoms with Gasteiger partial charge in [-0.2, -0.15) is 0 Å². The zero-order valence-corrected chi connectivity index (χ0v) is 13.5. The number of piperidine rings is 1. The third-order valence-electron chi connectivity index (χ3n) is 4.75. The molecule has 2 atom stereocenters. The molecule has 0 unspecified atom stereocenters. The monoisotopic (exact) mass is 293 g/mol. The molecule has 22 heavy (non-hydrogen) atoms. The fourth-order valence-corrected chi connectivity index (χ4v) is 3.30. The molecule has 1 aliphatic heterocycles. The predicted molar refractivity (Wildman–Crippen MR) is 89.8 cm³/mol. The average Bonchev–Trinajstić information content (AvgIpc) is 2.51. The Bertz CT molecular complexity index is 600. The number of carbonyl (C=O) groups excluding carboxylic acids is 1. The first-order valence-electron chi connectivity index (χ1n) is 7.91. The minimum atomic E-state index is 0.174. The van der Waals surface area contributed by atoms with Gasteiger partial charge in [-0.15, -0.1) is 0 Å². The van der Waals surface area contributed by atoms with E-state index in [-0.39, 0.29) is 12.1 Å². The van der Waals surface area contributed by atoms with Crippen LogP contribution in [0.5, 0.6) is 0 Å². The van der Waals surface area contributed by atoms with Crippen molar-refractivity contribution in [2.24, 2.45) is 0 Å². The van der Waals surface area contributed by atoms with Crippen molar-refractivity contribution in [3.8, 4) is 0 Å². The van der Waals surface area contributed by atoms with E-state index in [1.54, 1.807) is 0 Å². The summed E-state index contributed by atoms with van der Waals surface area (Å²) in [5.41, 5.74) is 4.98. The fraction of sp³-hybridized carbons (Fsp3) is 0.350. The number of hydrogen-bond donors (Lipinski definition) is 0. The topological polar surface area (TPSA) is 20.3 Å². The van der Waals surface area contributed by atoms with Crippen LogP contribution in [0.2, 0.25) is 0 Å². The van der Waals surface area contributed by atoms with Gasteiger partial charge < -0.3 is 0 Å². The normalized spacial score (nSPS) is 22.8. The van der Waals surface area contributed by atoms with Gasteiger partial charge in [-0.25, -0.2) is 0 Å². The van der Waals surface area contributed by atoms with Crippen LogP contribution in [0.3, 0.4) is 0 Å². The maximum Gasteiger partial charge on any atom is 0.136 e. The average molecular weight is 293 g/mol. The van der Waals surface area contributed by atoms with Crippen LogP contribution in [0.15, 0.2) is 48.5 Å². The molecule has 1 aliphatic rings. The van der Waals surface area contributed by atoms with E-state index in [0.717, 1.165) is 0 Å². The number of ketones is 1. The Hall–Kier alpha value is -1.93. The molecular formula is C20H23NO. The van der Waals surface area contributed by atoms with Crippen LogP contribution in [0.1, 0.15) is 47.2 Å². The zero-order valence-electron chi connectivity index (χ0n) is 13.5. The Morgan fingerprint density at radius 3 is 1.50 bits per heavy atom. The lowest BCUT2D eigenvalue weighted by atomic mass is 9.87. The lowest BCUT2D eigenvalue weighted by Gasteiger charge is -2.39. The van der Waals surface area contributed by atoms with Crippen molar-refractivity contribution >= 4 is 5.78 Å². The molecular weight excluding hydrogens is 270 g/mol. The van der Waals surface area contributed by atoms with E-state index in [0.29, 0.717) is 18.6 Å². The smallest absolute Gasteiger partial charge is 0.136 e. The van der Waals surface area contributed by atoms with Gasteiger partial charge >= 0.3 is 0 Å². The van der Waals surface area contributed by atoms with Gasteiger partial charge in [0, 0.05) is 24.9 Å². The van der Waals surface area contributed by atoms with E-state index < -0.39 is 0 Å². The SMILES string of the molecule is Cc1ccc([C@H]2CC(=O)C[C@@H](c3ccc(C)cc3)N2C)cc1. The Morgan fingerprint density at radius 1 is 0.773 bits per heavy atom. The molecule has 0 aliphatic carbocycles. The number of rotatable bonds is 2. The van der Waals surface area contributed by atoms with Gasteiger partial charge in [-0.1, -0.05) is 59.7 Å². The molecule has 0 spiro atoms. The second-order valence-electron chi connectivity index (χ2n) is 6.47. The van der Waals surface area contributed by atoms with E-state index in [9.17, 15) is 4.79 Å². The molecule has 1 heterocycles. The van der Waals surface area contributed by atoms with Gasteiger partial charge in [0.1, 0.15) is 5.78 Å². The van der Waals surface area contributed by atoms with Crippen molar-refractivity contribution in [1.82, 2.24) is 4.90 Å². The molecule has 1 saturated heterocycles. The standard InChI is InChI=1S/C20H23NO/c1-14-4-8-16(9-5-14)19-12-18(22)13-20(21(19)3)17-10-6-15(2)7-11-17/h4-11,19-20H,12-13H2,1-3H3/t19-,20+. The number of carbonyl (C=O) groups is 1. The number of Topliss-reactive ketones (excluding diaryl/α,β-unsaturated/α-hetero) is 1. The van der Waals surface area contributed by atoms with Gasteiger partial charge in [-0.3, -0.25) is 9.69 Å². The summed E-state index contributed by atoms with van der Waals surface area (Å²) in [4.78, 5) is 14.6. The van der Waals surface area contributed by atoms with Gasteiger partial charge in [0.15, 0.2) is 0 Å². The number of benzene rings is 2. The Balaban J connectivity index is 1.91. The molecule has 0 amide bonds. The van der Waals surface area contributed by atoms with E-state index in [2.05, 4.69) is 74.3 Å². The highest BCUT2D eigenvalue weighted by atomic mass is 16.1. The molecule has 2 heteroatoms. The first-order valence-corrected chi connectivity index (χ1v) is 7.91. The van der Waals surface area contributed by atoms with E-state index in [1.165, 1.54) is 22.3 Å². The molecule has 0 bridgehead atoms. The van der Waals surface area contributed by atoms with Gasteiger partial charge in [0.25, 0.3) is 0 Å². The summed E-state index contributed by atoms with van der Waals surface area (Å²) in [6, 6.07) is 17.5. The Kier molecular flexibility index (Phi) is 4.12. The highest BCUT2D eigenvalue weighted by Gasteiger charge is 2.33. The van der Waals surface area contributed by atoms with Crippen LogP contribution in [0, 0.1) is 13.8 Å². The highest BCUT2D eigenvalue weighted by Crippen LogP contribution is 2.38. The molecule has 3 rings (SSSR count). The summed E-state index contributed by atoms with van der Waals surface area (Å²) in [5, 5.41) is 0. The van der Waals surface area contributed by atoms with Crippen LogP contribution < -0.4 is 0 Å². The van der Waals surface area contributed by atoms with Gasteiger partial charge in [0.2, 0.25) is 0 Å². The second-order valence-corrected chi connectivity index (χ2v) is 6.47. The predicted octanol–water partition coefficient (Wildman–Crippen LogP) is 4.38. The van der Waals surface area contributed by atoms with Gasteiger partial charge in [0.05, 0.1) is 0 Å². The summed E-state index contributed by atoms with van der Waals surface area (Å²) in [6.07, 6.45) is 1.23. The van der Waals surface area contributed by atoms with Crippen molar-refractivity contribution in [3.05, 3.63) is 70.8 Å². The van der Waals surface area contributed by atoms with Crippen molar-refractivity contribution in [1.29, 1.82) is 0 Å². The fourth-order valence-electron chi connectivity index (χ4n) is 3.30. The molecule has 0 radical (unpaired) electrons. The number of hydrogen-bond acceptors (Lipinski definition) is 2. The summed E-state index contributed by atoms with van der Waals surface area (Å²) in [5.74, 6) is 0.356. The summed E-state index contributed by atoms with van der Waals surface area (Å²) in [7, 11) is 2.14. The molecule has 2 nitrogen and oxygen atoms in total. The van der Waals surface area contributed by atoms with Crippen LogP contribution >= 0.6 is 0 Å². The number of likely N-dealkylation sites (tertiary alicyclic amines) is 1. The zero-order chi connectivity index (χ0) is 15.7. The second kappa shape index (κ2) is 6.05. The summed E-state index contributed by atoms with van der Waals surface area (Å²) < 4.78 is 0. The minimum absolute atomic E-state index is 0.174. The van der Waals surface area contributed by atoms with E-state index in [4.69, 9.17) is 0 Å². The third kappa shape index (κ3) is 2.97. The molecule has 0 aromatic heterocycles. The van der Waals surface area contributed by atoms with Crippen LogP contribution in [0.4, 0.5) is 0 Å². The minimum Gasteiger partial charge on any atom is -0.300 e. The quantitative estimate of drug-likeness (QED) is 0.819. The van der Waals surface area contributed by atoms with E-state index in [1.807, 2.05) is 0 Å². The highest BCUT2D eigenvalue weighted by molar-refractivity contribution is 5.81. The maximum absolute atomic E-state index is 12.3. The summed E-state index contributed by atoms with van der Waals surface area (Å²) in [6.45, 7) is 4.18. The van der Waals surface area contributed by atoms with Crippen LogP contribution in [-0.4, -0.2) is 17.7 Å². The van der Waals surface area contributed by atoms with Crippen molar-refractivity contribution < 1.29 is 4.79 Å². The van der Waals surface area contributed by atoms with Crippen molar-refractivity contribution in [2.45, 2.75) is 38.8 Å². The molecule has 114 valence electrons. The Morgan fingerprint density at radius 2 is 1.14 bits per heavy atom. The van der Waals surface area contributed by atoms with Gasteiger partial charge in [-0.05, 0) is 32.0 Å². The third-order valence-corrected chi connectivity index (χ3v) is 4.75. The molecule has 1 fully saturated rings. The van der Waals surface area contributed by atoms with Crippen molar-refractivity contribution in [3.63, 3.8) is 0 Å². The molecule has 0 N–H and O–H groups in total. The summed E-state index contributed by atoms with van der Waals surface area (Å²) >= 11 is 0. The molecule has 2 aromatic rings. The maximum atomic E-state index is 12.3. The largest absolute Gasteiger partial charge is 0.300 e. The number of aryl methyl sites for hydroxylation is 2. The van der Waals surface area contributed by atoms with Crippen molar-refractivity contribution in [2.75, 3.05) is 7.05 Å². The Labute approximate surface area is 132 Å². The lowest BCUT2D eigenvalue weighted by molar-refractivity contribution is -0.125. The first-order chi connectivity index (χ1) is 10.5. The lowest BCUT2D eigenvalue weighted by Crippen LogP contribution is -2.37. The first kappa shape index (κ1) is 15.0. The van der Waals surface area contributed by atoms with Crippen LogP contribution in [-0.2, 0) is 4.79 Å². The van der Waals surface area contributed by atoms with Crippen LogP contribution in [0.25, 0.3) is 0 Å². The van der Waals surface area contributed by atoms with E-state index >= 15 is 0 Å². The number of nitrogens with zero attached hydrogens (tertiary/aromatic N) is 1. The molecule has 0 saturated carbocycles. The molecule has 2 aromatic carbocycles.